The molecule has 3 aromatic carbocycles. The maximum atomic E-state index is 11.3. The van der Waals surface area contributed by atoms with E-state index in [-0.39, 0.29) is 5.69 Å². The summed E-state index contributed by atoms with van der Waals surface area (Å²) in [6.45, 7) is 0. The number of ether oxygens (including phenoxy) is 4. The first kappa shape index (κ1) is 21.8. The van der Waals surface area contributed by atoms with Gasteiger partial charge in [-0.2, -0.15) is 0 Å². The lowest BCUT2D eigenvalue weighted by Gasteiger charge is -2.16. The molecule has 9 nitrogen and oxygen atoms in total. The molecule has 4 rings (SSSR count). The number of nitro groups is 1. The van der Waals surface area contributed by atoms with E-state index < -0.39 is 4.92 Å². The monoisotopic (exact) mass is 447 g/mol. The molecule has 0 unspecified atom stereocenters. The van der Waals surface area contributed by atoms with Crippen molar-refractivity contribution in [1.29, 1.82) is 0 Å². The molecule has 1 heterocycles. The number of rotatable bonds is 7. The summed E-state index contributed by atoms with van der Waals surface area (Å²) in [6, 6.07) is 15.3. The topological polar surface area (TPSA) is 106 Å². The highest BCUT2D eigenvalue weighted by molar-refractivity contribution is 5.88. The molecule has 4 aromatic rings. The lowest BCUT2D eigenvalue weighted by atomic mass is 10.0. The zero-order valence-electron chi connectivity index (χ0n) is 18.5. The first-order valence-electron chi connectivity index (χ1n) is 9.90. The summed E-state index contributed by atoms with van der Waals surface area (Å²) in [5.74, 6) is 2.05. The number of nitro benzene ring substituents is 1. The number of fused-ring (bicyclic) bond motifs is 1. The smallest absolute Gasteiger partial charge is 0.271 e. The van der Waals surface area contributed by atoms with Gasteiger partial charge in [0.1, 0.15) is 5.75 Å². The van der Waals surface area contributed by atoms with Crippen LogP contribution in [0, 0.1) is 10.1 Å². The number of aromatic nitrogens is 2. The third-order valence-corrected chi connectivity index (χ3v) is 5.16. The lowest BCUT2D eigenvalue weighted by molar-refractivity contribution is -0.384. The van der Waals surface area contributed by atoms with Crippen LogP contribution < -0.4 is 18.9 Å². The van der Waals surface area contributed by atoms with Crippen LogP contribution in [0.4, 0.5) is 5.69 Å². The zero-order chi connectivity index (χ0) is 23.5. The molecule has 0 saturated carbocycles. The maximum absolute atomic E-state index is 11.3. The molecule has 168 valence electrons. The van der Waals surface area contributed by atoms with E-state index in [9.17, 15) is 10.1 Å². The van der Waals surface area contributed by atoms with Crippen LogP contribution in [0.25, 0.3) is 33.5 Å². The van der Waals surface area contributed by atoms with Crippen molar-refractivity contribution in [2.45, 2.75) is 0 Å². The van der Waals surface area contributed by atoms with E-state index in [1.165, 1.54) is 33.5 Å². The molecule has 0 radical (unpaired) electrons. The Bertz CT molecular complexity index is 1310. The van der Waals surface area contributed by atoms with Crippen LogP contribution in [0.15, 0.2) is 54.6 Å². The standard InChI is InChI=1S/C24H21N3O6/c1-30-17-8-5-14(6-9-17)22-23(15-11-20(31-2)24(33-4)21(12-15)32-3)26-19-13-16(27(28)29)7-10-18(19)25-22/h5-13H,1-4H3. The fourth-order valence-corrected chi connectivity index (χ4v) is 3.53. The summed E-state index contributed by atoms with van der Waals surface area (Å²) in [6.07, 6.45) is 0. The highest BCUT2D eigenvalue weighted by Gasteiger charge is 2.20. The van der Waals surface area contributed by atoms with Crippen molar-refractivity contribution in [2.75, 3.05) is 28.4 Å². The van der Waals surface area contributed by atoms with Gasteiger partial charge in [0, 0.05) is 23.3 Å². The fourth-order valence-electron chi connectivity index (χ4n) is 3.53. The van der Waals surface area contributed by atoms with E-state index in [0.717, 1.165) is 5.56 Å². The Labute approximate surface area is 189 Å². The predicted molar refractivity (Wildman–Crippen MR) is 123 cm³/mol. The van der Waals surface area contributed by atoms with Crippen LogP contribution in [0.5, 0.6) is 23.0 Å². The average molecular weight is 447 g/mol. The second kappa shape index (κ2) is 8.99. The van der Waals surface area contributed by atoms with Gasteiger partial charge in [0.15, 0.2) is 11.5 Å². The average Bonchev–Trinajstić information content (AvgIpc) is 2.86. The Hall–Kier alpha value is -4.40. The van der Waals surface area contributed by atoms with Crippen LogP contribution >= 0.6 is 0 Å². The third kappa shape index (κ3) is 4.08. The normalized spacial score (nSPS) is 10.7. The number of methoxy groups -OCH3 is 4. The van der Waals surface area contributed by atoms with Crippen LogP contribution in [0.2, 0.25) is 0 Å². The van der Waals surface area contributed by atoms with Crippen LogP contribution in [-0.2, 0) is 0 Å². The molecular formula is C24H21N3O6. The third-order valence-electron chi connectivity index (χ3n) is 5.16. The number of hydrogen-bond acceptors (Lipinski definition) is 8. The minimum atomic E-state index is -0.461. The Morgan fingerprint density at radius 1 is 0.697 bits per heavy atom. The van der Waals surface area contributed by atoms with Gasteiger partial charge in [0.05, 0.1) is 55.8 Å². The molecule has 0 aliphatic rings. The largest absolute Gasteiger partial charge is 0.497 e. The van der Waals surface area contributed by atoms with Gasteiger partial charge >= 0.3 is 0 Å². The fraction of sp³-hybridized carbons (Fsp3) is 0.167. The molecule has 0 saturated heterocycles. The summed E-state index contributed by atoms with van der Waals surface area (Å²) in [5, 5.41) is 11.3. The molecule has 0 spiro atoms. The Balaban J connectivity index is 2.02. The first-order chi connectivity index (χ1) is 16.0. The van der Waals surface area contributed by atoms with E-state index in [0.29, 0.717) is 51.0 Å². The van der Waals surface area contributed by atoms with E-state index in [1.807, 2.05) is 24.3 Å². The molecule has 0 aliphatic heterocycles. The molecule has 0 aliphatic carbocycles. The second-order valence-corrected chi connectivity index (χ2v) is 6.99. The van der Waals surface area contributed by atoms with Crippen molar-refractivity contribution in [3.63, 3.8) is 0 Å². The van der Waals surface area contributed by atoms with Crippen molar-refractivity contribution in [2.24, 2.45) is 0 Å². The van der Waals surface area contributed by atoms with Crippen LogP contribution in [0.3, 0.4) is 0 Å². The number of nitrogens with zero attached hydrogens (tertiary/aromatic N) is 3. The van der Waals surface area contributed by atoms with Gasteiger partial charge < -0.3 is 18.9 Å². The minimum absolute atomic E-state index is 0.0650. The van der Waals surface area contributed by atoms with Gasteiger partial charge in [-0.1, -0.05) is 0 Å². The van der Waals surface area contributed by atoms with Gasteiger partial charge in [-0.3, -0.25) is 10.1 Å². The lowest BCUT2D eigenvalue weighted by Crippen LogP contribution is -1.99. The first-order valence-corrected chi connectivity index (χ1v) is 9.90. The van der Waals surface area contributed by atoms with E-state index in [1.54, 1.807) is 25.3 Å². The maximum Gasteiger partial charge on any atom is 0.271 e. The van der Waals surface area contributed by atoms with Gasteiger partial charge in [-0.05, 0) is 42.5 Å². The Morgan fingerprint density at radius 3 is 1.85 bits per heavy atom. The number of non-ortho nitro benzene ring substituents is 1. The Morgan fingerprint density at radius 2 is 1.30 bits per heavy atom. The summed E-state index contributed by atoms with van der Waals surface area (Å²) >= 11 is 0. The van der Waals surface area contributed by atoms with Crippen molar-refractivity contribution in [1.82, 2.24) is 9.97 Å². The highest BCUT2D eigenvalue weighted by atomic mass is 16.6. The van der Waals surface area contributed by atoms with Crippen molar-refractivity contribution >= 4 is 16.7 Å². The Kier molecular flexibility index (Phi) is 5.95. The van der Waals surface area contributed by atoms with Crippen molar-refractivity contribution < 1.29 is 23.9 Å². The van der Waals surface area contributed by atoms with Crippen LogP contribution in [0.1, 0.15) is 0 Å². The number of benzene rings is 3. The van der Waals surface area contributed by atoms with E-state index in [4.69, 9.17) is 28.9 Å². The van der Waals surface area contributed by atoms with E-state index >= 15 is 0 Å². The molecule has 0 atom stereocenters. The quantitative estimate of drug-likeness (QED) is 0.291. The van der Waals surface area contributed by atoms with Gasteiger partial charge in [0.25, 0.3) is 5.69 Å². The minimum Gasteiger partial charge on any atom is -0.497 e. The summed E-state index contributed by atoms with van der Waals surface area (Å²) in [5.41, 5.74) is 3.40. The summed E-state index contributed by atoms with van der Waals surface area (Å²) < 4.78 is 21.7. The SMILES string of the molecule is COc1ccc(-c2nc3ccc([N+](=O)[O-])cc3nc2-c2cc(OC)c(OC)c(OC)c2)cc1. The van der Waals surface area contributed by atoms with E-state index in [2.05, 4.69) is 0 Å². The molecule has 9 heteroatoms. The van der Waals surface area contributed by atoms with Gasteiger partial charge in [-0.15, -0.1) is 0 Å². The molecule has 33 heavy (non-hydrogen) atoms. The molecule has 0 bridgehead atoms. The predicted octanol–water partition coefficient (Wildman–Crippen LogP) is 4.91. The molecular weight excluding hydrogens is 426 g/mol. The molecule has 0 fully saturated rings. The summed E-state index contributed by atoms with van der Waals surface area (Å²) in [4.78, 5) is 20.4. The van der Waals surface area contributed by atoms with Crippen molar-refractivity contribution in [3.05, 3.63) is 64.7 Å². The van der Waals surface area contributed by atoms with Gasteiger partial charge in [0.2, 0.25) is 5.75 Å². The molecule has 0 amide bonds. The molecule has 1 aromatic heterocycles. The summed E-state index contributed by atoms with van der Waals surface area (Å²) in [7, 11) is 6.18. The highest BCUT2D eigenvalue weighted by Crippen LogP contribution is 2.43. The van der Waals surface area contributed by atoms with Crippen molar-refractivity contribution in [3.8, 4) is 45.5 Å². The molecule has 0 N–H and O–H groups in total. The van der Waals surface area contributed by atoms with Crippen LogP contribution in [-0.4, -0.2) is 43.3 Å². The number of hydrogen-bond donors (Lipinski definition) is 0. The second-order valence-electron chi connectivity index (χ2n) is 6.99. The van der Waals surface area contributed by atoms with Gasteiger partial charge in [-0.25, -0.2) is 9.97 Å². The zero-order valence-corrected chi connectivity index (χ0v) is 18.5.